The molecule has 0 radical (unpaired) electrons. The van der Waals surface area contributed by atoms with Crippen LogP contribution in [0.25, 0.3) is 0 Å². The van der Waals surface area contributed by atoms with Gasteiger partial charge in [-0.15, -0.1) is 0 Å². The fraction of sp³-hybridized carbons (Fsp3) is 0.324. The number of nitrogens with one attached hydrogen (secondary N) is 2. The summed E-state index contributed by atoms with van der Waals surface area (Å²) in [5.74, 6) is -3.18. The fourth-order valence-corrected chi connectivity index (χ4v) is 5.85. The van der Waals surface area contributed by atoms with Gasteiger partial charge in [0.15, 0.2) is 0 Å². The predicted octanol–water partition coefficient (Wildman–Crippen LogP) is 6.34. The third-order valence-corrected chi connectivity index (χ3v) is 8.27. The molecule has 13 heteroatoms. The zero-order valence-corrected chi connectivity index (χ0v) is 25.3. The third-order valence-electron chi connectivity index (χ3n) is 8.27. The van der Waals surface area contributed by atoms with Gasteiger partial charge in [-0.3, -0.25) is 29.0 Å². The van der Waals surface area contributed by atoms with Crippen LogP contribution in [0, 0.1) is 0 Å². The van der Waals surface area contributed by atoms with Crippen molar-refractivity contribution in [2.24, 2.45) is 0 Å². The molecule has 47 heavy (non-hydrogen) atoms. The normalized spacial score (nSPS) is 14.9. The van der Waals surface area contributed by atoms with Gasteiger partial charge in [0.25, 0.3) is 17.7 Å². The van der Waals surface area contributed by atoms with E-state index in [2.05, 4.69) is 10.6 Å². The summed E-state index contributed by atoms with van der Waals surface area (Å²) in [6, 6.07) is 17.3. The highest BCUT2D eigenvalue weighted by Gasteiger charge is 2.42. The topological polar surface area (TPSA) is 136 Å². The molecule has 3 aromatic carbocycles. The van der Waals surface area contributed by atoms with E-state index in [1.807, 2.05) is 24.3 Å². The summed E-state index contributed by atoms with van der Waals surface area (Å²) in [5, 5.41) is 14.0. The number of hydrogen-bond donors (Lipinski definition) is 3. The molecule has 0 atom stereocenters. The first-order valence-electron chi connectivity index (χ1n) is 15.2. The molecule has 1 fully saturated rings. The van der Waals surface area contributed by atoms with Crippen molar-refractivity contribution in [2.45, 2.75) is 57.2 Å². The lowest BCUT2D eigenvalue weighted by molar-refractivity contribution is -0.137. The number of fused-ring (bicyclic) bond motifs is 1. The number of carbonyl (C=O) groups is 5. The first-order valence-corrected chi connectivity index (χ1v) is 15.2. The standard InChI is InChI=1S/C34H33F3N4O6/c35-34(36,37)20-41-31(45)27-15-12-25(18-28(27)32(41)46)39-33(47)40(26-13-10-23(11-14-26)22-4-2-1-3-5-22)19-21-6-8-24(9-7-21)30(44)38-17-16-29(42)43/h6-15,18,22H,1-5,16-17,19-20H2,(H,38,44)(H,39,47)(H,42,43). The summed E-state index contributed by atoms with van der Waals surface area (Å²) in [7, 11) is 0. The molecule has 0 saturated heterocycles. The van der Waals surface area contributed by atoms with E-state index in [1.165, 1.54) is 35.1 Å². The predicted molar refractivity (Wildman–Crippen MR) is 166 cm³/mol. The molecule has 0 bridgehead atoms. The zero-order valence-electron chi connectivity index (χ0n) is 25.3. The molecular weight excluding hydrogens is 617 g/mol. The summed E-state index contributed by atoms with van der Waals surface area (Å²) in [6.45, 7) is -1.67. The zero-order chi connectivity index (χ0) is 33.7. The number of alkyl halides is 3. The van der Waals surface area contributed by atoms with Gasteiger partial charge in [0.2, 0.25) is 0 Å². The van der Waals surface area contributed by atoms with Crippen molar-refractivity contribution >= 4 is 41.1 Å². The number of halogens is 3. The molecule has 10 nitrogen and oxygen atoms in total. The minimum atomic E-state index is -4.76. The van der Waals surface area contributed by atoms with Crippen LogP contribution in [-0.2, 0) is 11.3 Å². The first-order chi connectivity index (χ1) is 22.4. The number of rotatable bonds is 10. The Bertz CT molecular complexity index is 1670. The number of carboxylic acid groups (broad SMARTS) is 1. The van der Waals surface area contributed by atoms with Crippen LogP contribution in [0.3, 0.4) is 0 Å². The van der Waals surface area contributed by atoms with E-state index in [4.69, 9.17) is 5.11 Å². The fourth-order valence-electron chi connectivity index (χ4n) is 5.85. The van der Waals surface area contributed by atoms with Crippen molar-refractivity contribution in [3.8, 4) is 0 Å². The second-order valence-electron chi connectivity index (χ2n) is 11.6. The van der Waals surface area contributed by atoms with Gasteiger partial charge in [-0.25, -0.2) is 4.79 Å². The number of anilines is 2. The van der Waals surface area contributed by atoms with E-state index in [1.54, 1.807) is 24.3 Å². The average molecular weight is 651 g/mol. The van der Waals surface area contributed by atoms with Crippen molar-refractivity contribution in [1.29, 1.82) is 0 Å². The molecule has 5 rings (SSSR count). The maximum atomic E-state index is 13.7. The van der Waals surface area contributed by atoms with E-state index >= 15 is 0 Å². The number of carboxylic acids is 1. The van der Waals surface area contributed by atoms with Gasteiger partial charge in [0.1, 0.15) is 6.54 Å². The van der Waals surface area contributed by atoms with Crippen molar-refractivity contribution in [3.63, 3.8) is 0 Å². The van der Waals surface area contributed by atoms with Gasteiger partial charge in [-0.2, -0.15) is 13.2 Å². The van der Waals surface area contributed by atoms with E-state index < -0.39 is 42.4 Å². The molecule has 3 aromatic rings. The molecule has 1 aliphatic heterocycles. The lowest BCUT2D eigenvalue weighted by atomic mass is 9.84. The number of imide groups is 1. The summed E-state index contributed by atoms with van der Waals surface area (Å²) >= 11 is 0. The molecule has 1 aliphatic carbocycles. The van der Waals surface area contributed by atoms with Gasteiger partial charge in [0.05, 0.1) is 24.1 Å². The number of nitrogens with zero attached hydrogens (tertiary/aromatic N) is 2. The Kier molecular flexibility index (Phi) is 9.92. The Morgan fingerprint density at radius 3 is 2.17 bits per heavy atom. The Morgan fingerprint density at radius 2 is 1.53 bits per heavy atom. The molecule has 5 amide bonds. The minimum absolute atomic E-state index is 0.0243. The maximum absolute atomic E-state index is 13.7. The molecule has 0 spiro atoms. The number of carbonyl (C=O) groups excluding carboxylic acids is 4. The van der Waals surface area contributed by atoms with Crippen LogP contribution in [0.15, 0.2) is 66.7 Å². The first kappa shape index (κ1) is 33.2. The van der Waals surface area contributed by atoms with Crippen LogP contribution in [-0.4, -0.2) is 59.0 Å². The molecule has 2 aliphatic rings. The Hall–Kier alpha value is -5.20. The number of aliphatic carboxylic acids is 1. The third kappa shape index (κ3) is 8.15. The van der Waals surface area contributed by atoms with Crippen molar-refractivity contribution in [1.82, 2.24) is 10.2 Å². The van der Waals surface area contributed by atoms with Gasteiger partial charge >= 0.3 is 18.2 Å². The van der Waals surface area contributed by atoms with E-state index in [0.717, 1.165) is 25.7 Å². The average Bonchev–Trinajstić information content (AvgIpc) is 3.27. The molecule has 1 saturated carbocycles. The monoisotopic (exact) mass is 650 g/mol. The largest absolute Gasteiger partial charge is 0.481 e. The lowest BCUT2D eigenvalue weighted by Gasteiger charge is -2.26. The Balaban J connectivity index is 1.36. The molecule has 0 aromatic heterocycles. The number of hydrogen-bond acceptors (Lipinski definition) is 5. The molecule has 246 valence electrons. The van der Waals surface area contributed by atoms with Gasteiger partial charge < -0.3 is 15.7 Å². The Morgan fingerprint density at radius 1 is 0.872 bits per heavy atom. The highest BCUT2D eigenvalue weighted by atomic mass is 19.4. The Labute approximate surface area is 268 Å². The quantitative estimate of drug-likeness (QED) is 0.219. The summed E-state index contributed by atoms with van der Waals surface area (Å²) in [5.41, 5.74) is 2.40. The highest BCUT2D eigenvalue weighted by Crippen LogP contribution is 2.34. The van der Waals surface area contributed by atoms with Gasteiger partial charge in [-0.1, -0.05) is 43.5 Å². The lowest BCUT2D eigenvalue weighted by Crippen LogP contribution is -2.38. The van der Waals surface area contributed by atoms with Crippen molar-refractivity contribution < 1.29 is 42.3 Å². The molecular formula is C34H33F3N4O6. The van der Waals surface area contributed by atoms with Gasteiger partial charge in [0, 0.05) is 23.5 Å². The molecule has 1 heterocycles. The SMILES string of the molecule is O=C(O)CCNC(=O)c1ccc(CN(C(=O)Nc2ccc3c(c2)C(=O)N(CC(F)(F)F)C3=O)c2ccc(C3CCCCC3)cc2)cc1. The van der Waals surface area contributed by atoms with Crippen LogP contribution in [0.2, 0.25) is 0 Å². The van der Waals surface area contributed by atoms with Crippen LogP contribution in [0.5, 0.6) is 0 Å². The number of urea groups is 1. The summed E-state index contributed by atoms with van der Waals surface area (Å²) in [6.07, 6.45) is 0.760. The second kappa shape index (κ2) is 14.1. The van der Waals surface area contributed by atoms with Crippen molar-refractivity contribution in [3.05, 3.63) is 94.5 Å². The maximum Gasteiger partial charge on any atom is 0.406 e. The van der Waals surface area contributed by atoms with E-state index in [-0.39, 0.29) is 41.2 Å². The summed E-state index contributed by atoms with van der Waals surface area (Å²) < 4.78 is 38.9. The van der Waals surface area contributed by atoms with Crippen LogP contribution in [0.1, 0.15) is 86.6 Å². The second-order valence-corrected chi connectivity index (χ2v) is 11.6. The number of amides is 5. The highest BCUT2D eigenvalue weighted by molar-refractivity contribution is 6.22. The molecule has 3 N–H and O–H groups in total. The number of benzene rings is 3. The van der Waals surface area contributed by atoms with Crippen LogP contribution in [0.4, 0.5) is 29.3 Å². The van der Waals surface area contributed by atoms with Crippen LogP contribution >= 0.6 is 0 Å². The minimum Gasteiger partial charge on any atom is -0.481 e. The molecule has 0 unspecified atom stereocenters. The van der Waals surface area contributed by atoms with Crippen LogP contribution < -0.4 is 15.5 Å². The van der Waals surface area contributed by atoms with E-state index in [9.17, 15) is 37.1 Å². The van der Waals surface area contributed by atoms with Gasteiger partial charge in [-0.05, 0) is 72.4 Å². The van der Waals surface area contributed by atoms with Crippen molar-refractivity contribution in [2.75, 3.05) is 23.3 Å². The summed E-state index contributed by atoms with van der Waals surface area (Å²) in [4.78, 5) is 63.6. The van der Waals surface area contributed by atoms with E-state index in [0.29, 0.717) is 22.7 Å². The smallest absolute Gasteiger partial charge is 0.406 e.